The minimum atomic E-state index is -4.98. The van der Waals surface area contributed by atoms with Crippen molar-refractivity contribution in [2.75, 3.05) is 0 Å². The zero-order valence-electron chi connectivity index (χ0n) is 11.1. The molecular weight excluding hydrogens is 350 g/mol. The molecule has 2 rings (SSSR count). The van der Waals surface area contributed by atoms with Gasteiger partial charge in [0.1, 0.15) is 12.4 Å². The second-order valence-electron chi connectivity index (χ2n) is 4.17. The Kier molecular flexibility index (Phi) is 7.60. The van der Waals surface area contributed by atoms with E-state index < -0.39 is 12.4 Å². The van der Waals surface area contributed by atoms with E-state index in [9.17, 15) is 12.9 Å². The van der Waals surface area contributed by atoms with Crippen molar-refractivity contribution >= 4 is 35.6 Å². The third kappa shape index (κ3) is 5.78. The summed E-state index contributed by atoms with van der Waals surface area (Å²) in [6.45, 7) is -4.82. The molecule has 0 fully saturated rings. The quantitative estimate of drug-likeness (QED) is 0.755. The Bertz CT molecular complexity index is 605. The first-order valence-electron chi connectivity index (χ1n) is 5.73. The minimum absolute atomic E-state index is 0. The molecule has 0 aromatic heterocycles. The van der Waals surface area contributed by atoms with Gasteiger partial charge >= 0.3 is 58.4 Å². The summed E-state index contributed by atoms with van der Waals surface area (Å²) < 4.78 is 42.8. The van der Waals surface area contributed by atoms with E-state index in [4.69, 9.17) is 27.9 Å². The third-order valence-corrected chi connectivity index (χ3v) is 3.25. The Balaban J connectivity index is 0.00000220. The molecule has 1 nitrogen and oxygen atoms in total. The molecule has 0 saturated carbocycles. The van der Waals surface area contributed by atoms with Crippen molar-refractivity contribution in [3.8, 4) is 5.75 Å². The fraction of sp³-hybridized carbons (Fsp3) is 0.0769. The van der Waals surface area contributed by atoms with Crippen LogP contribution in [0.4, 0.5) is 12.9 Å². The second-order valence-corrected chi connectivity index (χ2v) is 5.01. The molecule has 106 valence electrons. The number of halogens is 5. The van der Waals surface area contributed by atoms with Crippen LogP contribution in [0.1, 0.15) is 5.56 Å². The number of rotatable bonds is 4. The summed E-state index contributed by atoms with van der Waals surface area (Å²) in [5.74, 6) is 0.347. The number of hydrogen-bond acceptors (Lipinski definition) is 1. The van der Waals surface area contributed by atoms with E-state index in [0.717, 1.165) is 12.1 Å². The summed E-state index contributed by atoms with van der Waals surface area (Å²) in [4.78, 5) is 0. The molecule has 0 N–H and O–H groups in total. The summed E-state index contributed by atoms with van der Waals surface area (Å²) in [6, 6.07) is 9.52. The molecule has 0 aliphatic carbocycles. The number of benzene rings is 2. The predicted octanol–water partition coefficient (Wildman–Crippen LogP) is 1.63. The van der Waals surface area contributed by atoms with Gasteiger partial charge in [0.05, 0.1) is 0 Å². The van der Waals surface area contributed by atoms with Crippen LogP contribution in [0.2, 0.25) is 10.0 Å². The summed E-state index contributed by atoms with van der Waals surface area (Å²) in [7, 11) is 0. The zero-order chi connectivity index (χ0) is 14.8. The van der Waals surface area contributed by atoms with Crippen LogP contribution in [0.25, 0.3) is 0 Å². The summed E-state index contributed by atoms with van der Waals surface area (Å²) in [6.07, 6.45) is 0. The Morgan fingerprint density at radius 3 is 2.10 bits per heavy atom. The Labute approximate surface area is 173 Å². The Hall–Kier alpha value is 0.311. The van der Waals surface area contributed by atoms with Gasteiger partial charge in [0.25, 0.3) is 0 Å². The molecule has 8 heteroatoms. The van der Waals surface area contributed by atoms with Crippen molar-refractivity contribution in [2.45, 2.75) is 6.61 Å². The molecule has 0 atom stereocenters. The van der Waals surface area contributed by atoms with Gasteiger partial charge < -0.3 is 17.7 Å². The van der Waals surface area contributed by atoms with Crippen LogP contribution < -0.4 is 61.6 Å². The van der Waals surface area contributed by atoms with Crippen LogP contribution in [-0.4, -0.2) is 6.98 Å². The Morgan fingerprint density at radius 2 is 1.57 bits per heavy atom. The van der Waals surface area contributed by atoms with Crippen molar-refractivity contribution < 1.29 is 69.1 Å². The molecule has 0 saturated heterocycles. The fourth-order valence-electron chi connectivity index (χ4n) is 1.58. The van der Waals surface area contributed by atoms with Gasteiger partial charge in [-0.1, -0.05) is 41.4 Å². The smallest absolute Gasteiger partial charge is 0.489 e. The zero-order valence-corrected chi connectivity index (χ0v) is 15.8. The number of ether oxygens (including phenoxy) is 1. The van der Waals surface area contributed by atoms with Crippen molar-refractivity contribution in [3.63, 3.8) is 0 Å². The second kappa shape index (κ2) is 8.24. The van der Waals surface area contributed by atoms with Gasteiger partial charge in [0, 0.05) is 15.6 Å². The summed E-state index contributed by atoms with van der Waals surface area (Å²) in [5.41, 5.74) is 0.0575. The van der Waals surface area contributed by atoms with Crippen molar-refractivity contribution in [2.24, 2.45) is 0 Å². The largest absolute Gasteiger partial charge is 1.00 e. The van der Waals surface area contributed by atoms with Gasteiger partial charge in [0.2, 0.25) is 0 Å². The number of hydrogen-bond donors (Lipinski definition) is 0. The van der Waals surface area contributed by atoms with E-state index in [0.29, 0.717) is 21.4 Å². The standard InChI is InChI=1S/C13H9BCl2F3O.K/c15-11-4-1-9(13(16)7-11)8-20-12-5-2-10(3-6-12)14(17,18)19;/h1-7H,8H2;/q-1;+1. The molecule has 2 aromatic rings. The maximum Gasteiger partial charge on any atom is 1.00 e. The molecular formula is C13H9BCl2F3KO. The summed E-state index contributed by atoms with van der Waals surface area (Å²) in [5, 5.41) is 0.961. The summed E-state index contributed by atoms with van der Waals surface area (Å²) >= 11 is 11.7. The van der Waals surface area contributed by atoms with Gasteiger partial charge in [-0.05, 0) is 24.3 Å². The van der Waals surface area contributed by atoms with Crippen molar-refractivity contribution in [3.05, 3.63) is 58.1 Å². The van der Waals surface area contributed by atoms with Gasteiger partial charge in [0.15, 0.2) is 0 Å². The molecule has 0 bridgehead atoms. The Morgan fingerprint density at radius 1 is 0.952 bits per heavy atom. The van der Waals surface area contributed by atoms with E-state index in [1.165, 1.54) is 12.1 Å². The average molecular weight is 359 g/mol. The van der Waals surface area contributed by atoms with Crippen LogP contribution in [0.15, 0.2) is 42.5 Å². The van der Waals surface area contributed by atoms with Crippen LogP contribution in [0, 0.1) is 0 Å². The molecule has 0 spiro atoms. The average Bonchev–Trinajstić information content (AvgIpc) is 2.37. The monoisotopic (exact) mass is 358 g/mol. The fourth-order valence-corrected chi connectivity index (χ4v) is 2.05. The minimum Gasteiger partial charge on any atom is -0.489 e. The van der Waals surface area contributed by atoms with E-state index in [-0.39, 0.29) is 58.0 Å². The predicted molar refractivity (Wildman–Crippen MR) is 75.9 cm³/mol. The molecule has 0 aliphatic rings. The van der Waals surface area contributed by atoms with Crippen LogP contribution in [0.3, 0.4) is 0 Å². The maximum absolute atomic E-state index is 12.5. The normalized spacial score (nSPS) is 10.9. The van der Waals surface area contributed by atoms with Gasteiger partial charge in [-0.3, -0.25) is 0 Å². The van der Waals surface area contributed by atoms with Gasteiger partial charge in [-0.15, -0.1) is 5.46 Å². The van der Waals surface area contributed by atoms with E-state index in [1.807, 2.05) is 0 Å². The van der Waals surface area contributed by atoms with Gasteiger partial charge in [-0.25, -0.2) is 0 Å². The molecule has 0 aliphatic heterocycles. The SMILES string of the molecule is F[B-](F)(F)c1ccc(OCc2ccc(Cl)cc2Cl)cc1.[K+]. The van der Waals surface area contributed by atoms with E-state index in [1.54, 1.807) is 18.2 Å². The molecule has 0 heterocycles. The topological polar surface area (TPSA) is 9.23 Å². The molecule has 0 amide bonds. The first-order chi connectivity index (χ1) is 9.36. The van der Waals surface area contributed by atoms with E-state index >= 15 is 0 Å². The first kappa shape index (κ1) is 19.4. The van der Waals surface area contributed by atoms with Gasteiger partial charge in [-0.2, -0.15) is 0 Å². The first-order valence-corrected chi connectivity index (χ1v) is 6.48. The van der Waals surface area contributed by atoms with Crippen LogP contribution in [0.5, 0.6) is 5.75 Å². The third-order valence-electron chi connectivity index (χ3n) is 2.67. The van der Waals surface area contributed by atoms with Crippen molar-refractivity contribution in [1.29, 1.82) is 0 Å². The van der Waals surface area contributed by atoms with Crippen LogP contribution >= 0.6 is 23.2 Å². The molecule has 0 radical (unpaired) electrons. The van der Waals surface area contributed by atoms with Crippen molar-refractivity contribution in [1.82, 2.24) is 0 Å². The van der Waals surface area contributed by atoms with E-state index in [2.05, 4.69) is 0 Å². The molecule has 2 aromatic carbocycles. The molecule has 21 heavy (non-hydrogen) atoms. The van der Waals surface area contributed by atoms with Crippen LogP contribution in [-0.2, 0) is 6.61 Å². The maximum atomic E-state index is 12.5. The molecule has 0 unspecified atom stereocenters.